The maximum atomic E-state index is 11.3. The molecule has 2 aliphatic heterocycles. The van der Waals surface area contributed by atoms with E-state index in [1.54, 1.807) is 28.3 Å². The number of hydrogen-bond acceptors (Lipinski definition) is 5. The Morgan fingerprint density at radius 2 is 1.96 bits per heavy atom. The van der Waals surface area contributed by atoms with Gasteiger partial charge in [-0.25, -0.2) is 0 Å². The zero-order valence-electron chi connectivity index (χ0n) is 16.0. The van der Waals surface area contributed by atoms with Crippen LogP contribution in [0.2, 0.25) is 0 Å². The van der Waals surface area contributed by atoms with Crippen LogP contribution in [-0.4, -0.2) is 56.5 Å². The standard InChI is InChI=1S/C20H29NO5/c1-12(20(22)23)7-14-11-21-6-5-13-8-18(25-3)19(26-4)9-15(13)16(21)10-17(14)24-2/h8-9,12,14,16-17H,5-7,10-11H2,1-4H3,(H,22,23). The lowest BCUT2D eigenvalue weighted by molar-refractivity contribution is -0.142. The van der Waals surface area contributed by atoms with Gasteiger partial charge in [0.25, 0.3) is 0 Å². The molecule has 1 fully saturated rings. The first-order valence-corrected chi connectivity index (χ1v) is 9.22. The highest BCUT2D eigenvalue weighted by atomic mass is 16.5. The molecular formula is C20H29NO5. The number of ether oxygens (including phenoxy) is 3. The molecule has 1 aromatic carbocycles. The molecule has 26 heavy (non-hydrogen) atoms. The first kappa shape index (κ1) is 19.0. The number of carboxylic acid groups (broad SMARTS) is 1. The fourth-order valence-corrected chi connectivity index (χ4v) is 4.48. The maximum absolute atomic E-state index is 11.3. The second-order valence-corrected chi connectivity index (χ2v) is 7.41. The van der Waals surface area contributed by atoms with Crippen LogP contribution in [0.3, 0.4) is 0 Å². The van der Waals surface area contributed by atoms with Gasteiger partial charge < -0.3 is 19.3 Å². The van der Waals surface area contributed by atoms with Crippen molar-refractivity contribution in [3.63, 3.8) is 0 Å². The largest absolute Gasteiger partial charge is 0.493 e. The van der Waals surface area contributed by atoms with E-state index in [0.29, 0.717) is 6.42 Å². The molecular weight excluding hydrogens is 334 g/mol. The van der Waals surface area contributed by atoms with Gasteiger partial charge in [0.05, 0.1) is 26.2 Å². The van der Waals surface area contributed by atoms with E-state index >= 15 is 0 Å². The molecule has 0 aromatic heterocycles. The second kappa shape index (κ2) is 7.84. The smallest absolute Gasteiger partial charge is 0.306 e. The summed E-state index contributed by atoms with van der Waals surface area (Å²) in [5.74, 6) is 0.679. The molecule has 0 amide bonds. The van der Waals surface area contributed by atoms with Crippen molar-refractivity contribution in [2.45, 2.75) is 38.3 Å². The van der Waals surface area contributed by atoms with Crippen molar-refractivity contribution in [1.82, 2.24) is 4.90 Å². The molecule has 4 atom stereocenters. The molecule has 1 saturated heterocycles. The monoisotopic (exact) mass is 363 g/mol. The van der Waals surface area contributed by atoms with Gasteiger partial charge in [-0.1, -0.05) is 6.92 Å². The third-order valence-electron chi connectivity index (χ3n) is 5.94. The Balaban J connectivity index is 1.85. The summed E-state index contributed by atoms with van der Waals surface area (Å²) in [6, 6.07) is 4.46. The molecule has 4 unspecified atom stereocenters. The summed E-state index contributed by atoms with van der Waals surface area (Å²) in [6.07, 6.45) is 2.55. The number of aliphatic carboxylic acids is 1. The summed E-state index contributed by atoms with van der Waals surface area (Å²) >= 11 is 0. The van der Waals surface area contributed by atoms with Gasteiger partial charge >= 0.3 is 5.97 Å². The summed E-state index contributed by atoms with van der Waals surface area (Å²) in [5, 5.41) is 9.26. The lowest BCUT2D eigenvalue weighted by atomic mass is 9.79. The molecule has 1 aromatic rings. The van der Waals surface area contributed by atoms with Crippen molar-refractivity contribution >= 4 is 5.97 Å². The summed E-state index contributed by atoms with van der Waals surface area (Å²) in [5.41, 5.74) is 2.58. The van der Waals surface area contributed by atoms with Gasteiger partial charge in [-0.15, -0.1) is 0 Å². The molecule has 2 aliphatic rings. The van der Waals surface area contributed by atoms with Crippen LogP contribution in [0, 0.1) is 11.8 Å². The third kappa shape index (κ3) is 3.53. The first-order valence-electron chi connectivity index (χ1n) is 9.22. The summed E-state index contributed by atoms with van der Waals surface area (Å²) in [4.78, 5) is 13.7. The molecule has 0 spiro atoms. The van der Waals surface area contributed by atoms with Crippen LogP contribution in [0.25, 0.3) is 0 Å². The molecule has 3 rings (SSSR count). The van der Waals surface area contributed by atoms with Gasteiger partial charge in [-0.2, -0.15) is 0 Å². The van der Waals surface area contributed by atoms with Gasteiger partial charge in [-0.05, 0) is 48.4 Å². The molecule has 0 radical (unpaired) electrons. The van der Waals surface area contributed by atoms with Crippen LogP contribution < -0.4 is 9.47 Å². The Labute approximate surface area is 155 Å². The minimum absolute atomic E-state index is 0.0668. The predicted octanol–water partition coefficient (Wildman–Crippen LogP) is 2.75. The SMILES string of the molecule is COc1cc2c(cc1OC)C1CC(OC)C(CC(C)C(=O)O)CN1CC2. The molecule has 144 valence electrons. The topological polar surface area (TPSA) is 68.2 Å². The van der Waals surface area contributed by atoms with Gasteiger partial charge in [0, 0.05) is 26.2 Å². The van der Waals surface area contributed by atoms with Crippen LogP contribution in [0.15, 0.2) is 12.1 Å². The normalized spacial score (nSPS) is 26.5. The highest BCUT2D eigenvalue weighted by molar-refractivity contribution is 5.69. The van der Waals surface area contributed by atoms with Crippen LogP contribution in [-0.2, 0) is 16.0 Å². The highest BCUT2D eigenvalue weighted by Gasteiger charge is 2.40. The van der Waals surface area contributed by atoms with E-state index in [-0.39, 0.29) is 24.0 Å². The summed E-state index contributed by atoms with van der Waals surface area (Å²) in [7, 11) is 5.05. The van der Waals surface area contributed by atoms with Crippen molar-refractivity contribution in [3.05, 3.63) is 23.3 Å². The van der Waals surface area contributed by atoms with Gasteiger partial charge in [0.2, 0.25) is 0 Å². The van der Waals surface area contributed by atoms with Crippen molar-refractivity contribution in [1.29, 1.82) is 0 Å². The van der Waals surface area contributed by atoms with E-state index in [1.807, 2.05) is 0 Å². The van der Waals surface area contributed by atoms with Gasteiger partial charge in [0.1, 0.15) is 0 Å². The predicted molar refractivity (Wildman–Crippen MR) is 97.9 cm³/mol. The molecule has 6 nitrogen and oxygen atoms in total. The fraction of sp³-hybridized carbons (Fsp3) is 0.650. The highest BCUT2D eigenvalue weighted by Crippen LogP contribution is 2.44. The molecule has 0 bridgehead atoms. The number of carboxylic acids is 1. The van der Waals surface area contributed by atoms with Crippen LogP contribution in [0.5, 0.6) is 11.5 Å². The molecule has 0 saturated carbocycles. The fourth-order valence-electron chi connectivity index (χ4n) is 4.48. The lowest BCUT2D eigenvalue weighted by Crippen LogP contribution is -2.49. The van der Waals surface area contributed by atoms with Crippen molar-refractivity contribution < 1.29 is 24.1 Å². The second-order valence-electron chi connectivity index (χ2n) is 7.41. The Hall–Kier alpha value is -1.79. The molecule has 1 N–H and O–H groups in total. The zero-order chi connectivity index (χ0) is 18.8. The Bertz CT molecular complexity index is 662. The Morgan fingerprint density at radius 1 is 1.27 bits per heavy atom. The Kier molecular flexibility index (Phi) is 5.73. The first-order chi connectivity index (χ1) is 12.5. The summed E-state index contributed by atoms with van der Waals surface area (Å²) in [6.45, 7) is 3.62. The van der Waals surface area contributed by atoms with E-state index in [4.69, 9.17) is 14.2 Å². The summed E-state index contributed by atoms with van der Waals surface area (Å²) < 4.78 is 16.7. The van der Waals surface area contributed by atoms with Crippen molar-refractivity contribution in [2.75, 3.05) is 34.4 Å². The number of piperidine rings is 1. The van der Waals surface area contributed by atoms with Crippen molar-refractivity contribution in [2.24, 2.45) is 11.8 Å². The average Bonchev–Trinajstić information content (AvgIpc) is 2.65. The minimum atomic E-state index is -0.734. The van der Waals surface area contributed by atoms with E-state index in [1.165, 1.54) is 11.1 Å². The third-order valence-corrected chi connectivity index (χ3v) is 5.94. The average molecular weight is 363 g/mol. The van der Waals surface area contributed by atoms with E-state index in [0.717, 1.165) is 37.4 Å². The van der Waals surface area contributed by atoms with E-state index < -0.39 is 5.97 Å². The number of hydrogen-bond donors (Lipinski definition) is 1. The maximum Gasteiger partial charge on any atom is 0.306 e. The number of methoxy groups -OCH3 is 3. The number of fused-ring (bicyclic) bond motifs is 3. The van der Waals surface area contributed by atoms with Crippen LogP contribution in [0.1, 0.15) is 36.9 Å². The van der Waals surface area contributed by atoms with E-state index in [9.17, 15) is 9.90 Å². The number of carbonyl (C=O) groups is 1. The molecule has 6 heteroatoms. The minimum Gasteiger partial charge on any atom is -0.493 e. The van der Waals surface area contributed by atoms with E-state index in [2.05, 4.69) is 17.0 Å². The van der Waals surface area contributed by atoms with Crippen LogP contribution in [0.4, 0.5) is 0 Å². The quantitative estimate of drug-likeness (QED) is 0.838. The van der Waals surface area contributed by atoms with Gasteiger partial charge in [-0.3, -0.25) is 9.69 Å². The molecule has 0 aliphatic carbocycles. The Morgan fingerprint density at radius 3 is 2.58 bits per heavy atom. The number of rotatable bonds is 6. The number of nitrogens with zero attached hydrogens (tertiary/aromatic N) is 1. The number of benzene rings is 1. The zero-order valence-corrected chi connectivity index (χ0v) is 16.0. The lowest BCUT2D eigenvalue weighted by Gasteiger charge is -2.47. The van der Waals surface area contributed by atoms with Crippen LogP contribution >= 0.6 is 0 Å². The molecule has 2 heterocycles. The van der Waals surface area contributed by atoms with Crippen molar-refractivity contribution in [3.8, 4) is 11.5 Å². The van der Waals surface area contributed by atoms with Gasteiger partial charge in [0.15, 0.2) is 11.5 Å².